The molecule has 34 heavy (non-hydrogen) atoms. The molecule has 7 aromatic rings. The molecule has 158 valence electrons. The van der Waals surface area contributed by atoms with Crippen molar-refractivity contribution in [2.75, 3.05) is 0 Å². The number of rotatable bonds is 2. The van der Waals surface area contributed by atoms with E-state index in [0.717, 1.165) is 6.07 Å². The van der Waals surface area contributed by atoms with Gasteiger partial charge in [0.1, 0.15) is 0 Å². The van der Waals surface area contributed by atoms with Crippen molar-refractivity contribution in [2.24, 2.45) is 0 Å². The predicted octanol–water partition coefficient (Wildman–Crippen LogP) is 9.63. The van der Waals surface area contributed by atoms with Crippen molar-refractivity contribution in [2.45, 2.75) is 0 Å². The lowest BCUT2D eigenvalue weighted by atomic mass is 9.84. The molecule has 7 aromatic carbocycles. The van der Waals surface area contributed by atoms with Gasteiger partial charge in [0.2, 0.25) is 0 Å². The molecule has 0 fully saturated rings. The molecule has 0 aliphatic heterocycles. The van der Waals surface area contributed by atoms with Crippen LogP contribution in [0.5, 0.6) is 0 Å². The molecular weight excluding hydrogens is 408 g/mol. The van der Waals surface area contributed by atoms with E-state index in [1.165, 1.54) is 0 Å². The summed E-state index contributed by atoms with van der Waals surface area (Å²) in [4.78, 5) is 0. The predicted molar refractivity (Wildman–Crippen MR) is 147 cm³/mol. The number of hydrogen-bond donors (Lipinski definition) is 0. The highest BCUT2D eigenvalue weighted by atomic mass is 14.2. The largest absolute Gasteiger partial charge is 0.0636 e. The second kappa shape index (κ2) is 7.57. The standard InChI is InChI=1S/C34H22/c1-2-12-25-22-26(21-20-23(25)10-1)33-29-15-5-7-17-31(29)34(32-18-8-6-16-30(32)33)28-19-9-13-24-11-3-4-14-27(24)28/h1-22H/i1D,2D,3D,4D,5D,7D,8D,9D,10D,11D,12D,13D,14D,15D,16D,17D,18D,19D,20D,21D,22D. The van der Waals surface area contributed by atoms with Crippen molar-refractivity contribution >= 4 is 43.1 Å². The Morgan fingerprint density at radius 2 is 0.971 bits per heavy atom. The van der Waals surface area contributed by atoms with Crippen LogP contribution in [0.1, 0.15) is 28.8 Å². The maximum Gasteiger partial charge on any atom is 0.0636 e. The molecule has 0 radical (unpaired) electrons. The maximum absolute atomic E-state index is 9.31. The van der Waals surface area contributed by atoms with Crippen molar-refractivity contribution in [1.29, 1.82) is 0 Å². The van der Waals surface area contributed by atoms with Crippen LogP contribution in [0.4, 0.5) is 0 Å². The molecule has 0 atom stereocenters. The van der Waals surface area contributed by atoms with Gasteiger partial charge in [-0.05, 0) is 71.4 Å². The molecule has 0 aromatic heterocycles. The molecule has 0 saturated heterocycles. The molecule has 0 N–H and O–H groups in total. The fourth-order valence-corrected chi connectivity index (χ4v) is 4.08. The smallest absolute Gasteiger partial charge is 0.0616 e. The molecule has 0 aliphatic rings. The fourth-order valence-electron chi connectivity index (χ4n) is 4.08. The Labute approximate surface area is 228 Å². The van der Waals surface area contributed by atoms with Crippen LogP contribution >= 0.6 is 0 Å². The summed E-state index contributed by atoms with van der Waals surface area (Å²) in [6.45, 7) is 0. The van der Waals surface area contributed by atoms with Crippen molar-refractivity contribution in [1.82, 2.24) is 0 Å². The van der Waals surface area contributed by atoms with Gasteiger partial charge in [-0.15, -0.1) is 0 Å². The Morgan fingerprint density at radius 3 is 1.79 bits per heavy atom. The highest BCUT2D eigenvalue weighted by Gasteiger charge is 2.17. The van der Waals surface area contributed by atoms with Gasteiger partial charge in [0.05, 0.1) is 28.8 Å². The van der Waals surface area contributed by atoms with Gasteiger partial charge in [0.15, 0.2) is 0 Å². The van der Waals surface area contributed by atoms with E-state index in [-0.39, 0.29) is 0 Å². The Hall–Kier alpha value is -4.42. The summed E-state index contributed by atoms with van der Waals surface area (Å²) in [6.07, 6.45) is 0. The quantitative estimate of drug-likeness (QED) is 0.229. The first-order valence-corrected chi connectivity index (χ1v) is 10.1. The third kappa shape index (κ3) is 2.86. The van der Waals surface area contributed by atoms with Crippen LogP contribution < -0.4 is 0 Å². The van der Waals surface area contributed by atoms with Crippen LogP contribution in [-0.2, 0) is 0 Å². The Bertz CT molecular complexity index is 2980. The Balaban J connectivity index is 1.94. The second-order valence-corrected chi connectivity index (χ2v) is 7.31. The molecule has 0 unspecified atom stereocenters. The minimum atomic E-state index is -0.879. The van der Waals surface area contributed by atoms with E-state index in [2.05, 4.69) is 0 Å². The zero-order valence-corrected chi connectivity index (χ0v) is 17.1. The first-order valence-electron chi connectivity index (χ1n) is 20.6. The molecule has 0 heterocycles. The SMILES string of the molecule is [2H]c1cc([2H])c2c(-c3c([2H])c([2H])c4c([2H])c([2H])c([2H])c([2H])c4c3[2H])c3c([2H])c([2H])c([2H])c([2H])c3c(-c3c([2H])c([2H])c([2H])c4c([2H])c([2H])c([2H])c([2H])c34)c2c1[2H]. The topological polar surface area (TPSA) is 0 Å². The Morgan fingerprint density at radius 1 is 0.382 bits per heavy atom. The van der Waals surface area contributed by atoms with E-state index in [1.807, 2.05) is 0 Å². The third-order valence-corrected chi connectivity index (χ3v) is 5.49. The molecular formula is C34H22. The van der Waals surface area contributed by atoms with Crippen molar-refractivity contribution in [3.05, 3.63) is 133 Å². The van der Waals surface area contributed by atoms with Gasteiger partial charge in [0.25, 0.3) is 0 Å². The van der Waals surface area contributed by atoms with Crippen molar-refractivity contribution in [3.8, 4) is 22.3 Å². The first kappa shape index (κ1) is 7.55. The molecule has 0 heteroatoms. The van der Waals surface area contributed by atoms with Gasteiger partial charge in [-0.1, -0.05) is 127 Å². The highest BCUT2D eigenvalue weighted by molar-refractivity contribution is 6.23. The lowest BCUT2D eigenvalue weighted by Crippen LogP contribution is -1.91. The van der Waals surface area contributed by atoms with Crippen LogP contribution in [0.2, 0.25) is 0 Å². The summed E-state index contributed by atoms with van der Waals surface area (Å²) in [5.41, 5.74) is -2.26. The molecule has 0 bridgehead atoms. The van der Waals surface area contributed by atoms with E-state index in [9.17, 15) is 5.48 Å². The summed E-state index contributed by atoms with van der Waals surface area (Å²) in [5, 5.41) is -4.20. The highest BCUT2D eigenvalue weighted by Crippen LogP contribution is 2.45. The van der Waals surface area contributed by atoms with Crippen LogP contribution in [0.25, 0.3) is 65.3 Å². The first-order chi connectivity index (χ1) is 25.6. The zero-order valence-electron chi connectivity index (χ0n) is 38.1. The number of fused-ring (bicyclic) bond motifs is 4. The molecule has 7 rings (SSSR count). The molecule has 0 saturated carbocycles. The maximum atomic E-state index is 9.31. The normalized spacial score (nSPS) is 20.2. The monoisotopic (exact) mass is 451 g/mol. The minimum absolute atomic E-state index is 0.468. The lowest BCUT2D eigenvalue weighted by Gasteiger charge is -2.19. The summed E-state index contributed by atoms with van der Waals surface area (Å²) in [7, 11) is 0. The summed E-state index contributed by atoms with van der Waals surface area (Å²) in [5.74, 6) is 0. The van der Waals surface area contributed by atoms with Gasteiger partial charge >= 0.3 is 0 Å². The van der Waals surface area contributed by atoms with Crippen LogP contribution in [0.3, 0.4) is 0 Å². The minimum Gasteiger partial charge on any atom is -0.0616 e. The van der Waals surface area contributed by atoms with Crippen molar-refractivity contribution < 1.29 is 28.8 Å². The van der Waals surface area contributed by atoms with Crippen LogP contribution in [-0.4, -0.2) is 0 Å². The number of hydrogen-bond acceptors (Lipinski definition) is 0. The van der Waals surface area contributed by atoms with Gasteiger partial charge in [-0.3, -0.25) is 0 Å². The average molecular weight is 452 g/mol. The molecule has 0 amide bonds. The Kier molecular flexibility index (Phi) is 1.68. The van der Waals surface area contributed by atoms with E-state index >= 15 is 0 Å². The molecule has 0 aliphatic carbocycles. The molecule has 0 nitrogen and oxygen atoms in total. The van der Waals surface area contributed by atoms with E-state index in [1.54, 1.807) is 0 Å². The molecule has 0 spiro atoms. The number of benzene rings is 7. The van der Waals surface area contributed by atoms with E-state index in [4.69, 9.17) is 23.3 Å². The van der Waals surface area contributed by atoms with E-state index in [0.29, 0.717) is 0 Å². The lowest BCUT2D eigenvalue weighted by molar-refractivity contribution is 1.68. The van der Waals surface area contributed by atoms with Gasteiger partial charge in [-0.25, -0.2) is 0 Å². The summed E-state index contributed by atoms with van der Waals surface area (Å²) < 4.78 is 184. The van der Waals surface area contributed by atoms with Gasteiger partial charge in [0, 0.05) is 0 Å². The van der Waals surface area contributed by atoms with Crippen molar-refractivity contribution in [3.63, 3.8) is 0 Å². The third-order valence-electron chi connectivity index (χ3n) is 5.49. The van der Waals surface area contributed by atoms with Gasteiger partial charge in [-0.2, -0.15) is 0 Å². The average Bonchev–Trinajstić information content (AvgIpc) is 3.14. The van der Waals surface area contributed by atoms with Crippen LogP contribution in [0.15, 0.2) is 133 Å². The summed E-state index contributed by atoms with van der Waals surface area (Å²) >= 11 is 0. The second-order valence-electron chi connectivity index (χ2n) is 7.31. The van der Waals surface area contributed by atoms with Gasteiger partial charge < -0.3 is 0 Å². The van der Waals surface area contributed by atoms with E-state index < -0.39 is 192 Å². The zero-order chi connectivity index (χ0) is 40.8. The fraction of sp³-hybridized carbons (Fsp3) is 0. The summed E-state index contributed by atoms with van der Waals surface area (Å²) in [6, 6.07) is -15.7. The van der Waals surface area contributed by atoms with Crippen LogP contribution in [0, 0.1) is 0 Å².